The Hall–Kier alpha value is -2.16. The number of nitrogens with one attached hydrogen (secondary N) is 1. The monoisotopic (exact) mass is 259 g/mol. The van der Waals surface area contributed by atoms with Gasteiger partial charge in [-0.2, -0.15) is 5.26 Å². The number of amides is 1. The Morgan fingerprint density at radius 3 is 2.68 bits per heavy atom. The fourth-order valence-corrected chi connectivity index (χ4v) is 1.59. The van der Waals surface area contributed by atoms with Gasteiger partial charge in [-0.25, -0.2) is 0 Å². The summed E-state index contributed by atoms with van der Waals surface area (Å²) in [6, 6.07) is 8.66. The summed E-state index contributed by atoms with van der Waals surface area (Å²) in [5.41, 5.74) is 1.19. The van der Waals surface area contributed by atoms with Crippen LogP contribution in [0.4, 0.5) is 5.69 Å². The molecule has 2 N–H and O–H groups in total. The van der Waals surface area contributed by atoms with Crippen molar-refractivity contribution >= 4 is 11.6 Å². The van der Waals surface area contributed by atoms with Crippen LogP contribution in [0.1, 0.15) is 5.56 Å². The first-order chi connectivity index (χ1) is 9.19. The molecule has 0 fully saturated rings. The quantitative estimate of drug-likeness (QED) is 0.716. The van der Waals surface area contributed by atoms with Gasteiger partial charge in [0, 0.05) is 18.8 Å². The van der Waals surface area contributed by atoms with Crippen molar-refractivity contribution in [3.63, 3.8) is 0 Å². The zero-order chi connectivity index (χ0) is 14.1. The molecule has 0 spiro atoms. The predicted octanol–water partition coefficient (Wildman–Crippen LogP) is 0.977. The van der Waals surface area contributed by atoms with Gasteiger partial charge in [-0.05, 0) is 24.3 Å². The van der Waals surface area contributed by atoms with Crippen LogP contribution in [0, 0.1) is 11.3 Å². The van der Waals surface area contributed by atoms with Crippen LogP contribution in [0.15, 0.2) is 36.9 Å². The molecule has 1 aromatic rings. The summed E-state index contributed by atoms with van der Waals surface area (Å²) in [7, 11) is 0. The molecule has 0 aliphatic rings. The lowest BCUT2D eigenvalue weighted by atomic mass is 10.2. The first-order valence-electron chi connectivity index (χ1n) is 5.93. The highest BCUT2D eigenvalue weighted by atomic mass is 16.3. The lowest BCUT2D eigenvalue weighted by Gasteiger charge is -2.18. The fourth-order valence-electron chi connectivity index (χ4n) is 1.59. The summed E-state index contributed by atoms with van der Waals surface area (Å²) < 4.78 is 0. The summed E-state index contributed by atoms with van der Waals surface area (Å²) in [6.45, 7) is 4.76. The number of carbonyl (C=O) groups is 1. The zero-order valence-corrected chi connectivity index (χ0v) is 10.7. The molecule has 1 amide bonds. The van der Waals surface area contributed by atoms with E-state index < -0.39 is 0 Å². The van der Waals surface area contributed by atoms with Crippen molar-refractivity contribution in [3.8, 4) is 6.07 Å². The standard InChI is InChI=1S/C14H17N3O2/c1-2-7-17(8-9-18)11-14(19)16-13-5-3-12(10-15)4-6-13/h2-6,18H,1,7-9,11H2,(H,16,19). The van der Waals surface area contributed by atoms with E-state index in [1.54, 1.807) is 35.2 Å². The predicted molar refractivity (Wildman–Crippen MR) is 73.5 cm³/mol. The van der Waals surface area contributed by atoms with Crippen LogP contribution in [0.5, 0.6) is 0 Å². The Kier molecular flexibility index (Phi) is 6.30. The Labute approximate surface area is 112 Å². The molecule has 5 heteroatoms. The van der Waals surface area contributed by atoms with Crippen LogP contribution >= 0.6 is 0 Å². The first-order valence-corrected chi connectivity index (χ1v) is 5.93. The molecule has 0 aliphatic heterocycles. The fraction of sp³-hybridized carbons (Fsp3) is 0.286. The highest BCUT2D eigenvalue weighted by Crippen LogP contribution is 2.08. The highest BCUT2D eigenvalue weighted by molar-refractivity contribution is 5.92. The number of carbonyl (C=O) groups excluding carboxylic acids is 1. The van der Waals surface area contributed by atoms with Gasteiger partial charge in [0.15, 0.2) is 0 Å². The Balaban J connectivity index is 2.53. The Morgan fingerprint density at radius 2 is 2.16 bits per heavy atom. The maximum Gasteiger partial charge on any atom is 0.238 e. The molecule has 5 nitrogen and oxygen atoms in total. The molecule has 0 saturated heterocycles. The molecular weight excluding hydrogens is 242 g/mol. The van der Waals surface area contributed by atoms with Crippen LogP contribution in [0.3, 0.4) is 0 Å². The number of aliphatic hydroxyl groups is 1. The zero-order valence-electron chi connectivity index (χ0n) is 10.7. The van der Waals surface area contributed by atoms with Gasteiger partial charge < -0.3 is 10.4 Å². The van der Waals surface area contributed by atoms with Crippen molar-refractivity contribution in [1.29, 1.82) is 5.26 Å². The van der Waals surface area contributed by atoms with Gasteiger partial charge in [0.2, 0.25) is 5.91 Å². The lowest BCUT2D eigenvalue weighted by Crippen LogP contribution is -2.35. The number of nitrogens with zero attached hydrogens (tertiary/aromatic N) is 2. The molecular formula is C14H17N3O2. The minimum Gasteiger partial charge on any atom is -0.395 e. The number of nitriles is 1. The van der Waals surface area contributed by atoms with Crippen molar-refractivity contribution in [2.24, 2.45) is 0 Å². The average Bonchev–Trinajstić information content (AvgIpc) is 2.40. The molecule has 0 heterocycles. The van der Waals surface area contributed by atoms with Crippen LogP contribution in [-0.4, -0.2) is 42.2 Å². The number of hydrogen-bond acceptors (Lipinski definition) is 4. The summed E-state index contributed by atoms with van der Waals surface area (Å²) in [5, 5.41) is 20.3. The molecule has 100 valence electrons. The molecule has 0 aliphatic carbocycles. The van der Waals surface area contributed by atoms with Crippen LogP contribution < -0.4 is 5.32 Å². The van der Waals surface area contributed by atoms with E-state index in [9.17, 15) is 4.79 Å². The second-order valence-electron chi connectivity index (χ2n) is 3.98. The third kappa shape index (κ3) is 5.34. The van der Waals surface area contributed by atoms with Crippen molar-refractivity contribution in [2.75, 3.05) is 31.6 Å². The van der Waals surface area contributed by atoms with E-state index >= 15 is 0 Å². The number of anilines is 1. The largest absolute Gasteiger partial charge is 0.395 e. The SMILES string of the molecule is C=CCN(CCO)CC(=O)Nc1ccc(C#N)cc1. The van der Waals surface area contributed by atoms with E-state index in [4.69, 9.17) is 10.4 Å². The minimum atomic E-state index is -0.167. The molecule has 0 atom stereocenters. The van der Waals surface area contributed by atoms with Gasteiger partial charge in [-0.3, -0.25) is 9.69 Å². The Bertz CT molecular complexity index is 463. The normalized spacial score (nSPS) is 9.95. The smallest absolute Gasteiger partial charge is 0.238 e. The molecule has 0 saturated carbocycles. The van der Waals surface area contributed by atoms with Gasteiger partial charge in [0.1, 0.15) is 0 Å². The van der Waals surface area contributed by atoms with E-state index in [1.165, 1.54) is 0 Å². The maximum absolute atomic E-state index is 11.8. The topological polar surface area (TPSA) is 76.4 Å². The number of benzene rings is 1. The van der Waals surface area contributed by atoms with E-state index in [0.29, 0.717) is 24.3 Å². The molecule has 1 rings (SSSR count). The van der Waals surface area contributed by atoms with Gasteiger partial charge in [-0.15, -0.1) is 6.58 Å². The van der Waals surface area contributed by atoms with Crippen LogP contribution in [0.2, 0.25) is 0 Å². The van der Waals surface area contributed by atoms with Crippen molar-refractivity contribution in [3.05, 3.63) is 42.5 Å². The minimum absolute atomic E-state index is 0.00200. The van der Waals surface area contributed by atoms with Gasteiger partial charge in [-0.1, -0.05) is 6.08 Å². The number of aliphatic hydroxyl groups excluding tert-OH is 1. The number of rotatable bonds is 7. The molecule has 0 bridgehead atoms. The van der Waals surface area contributed by atoms with E-state index in [0.717, 1.165) is 0 Å². The highest BCUT2D eigenvalue weighted by Gasteiger charge is 2.09. The van der Waals surface area contributed by atoms with E-state index in [1.807, 2.05) is 6.07 Å². The summed E-state index contributed by atoms with van der Waals surface area (Å²) in [6.07, 6.45) is 1.69. The molecule has 1 aromatic carbocycles. The van der Waals surface area contributed by atoms with Crippen LogP contribution in [0.25, 0.3) is 0 Å². The lowest BCUT2D eigenvalue weighted by molar-refractivity contribution is -0.117. The maximum atomic E-state index is 11.8. The molecule has 19 heavy (non-hydrogen) atoms. The van der Waals surface area contributed by atoms with E-state index in [2.05, 4.69) is 11.9 Å². The van der Waals surface area contributed by atoms with E-state index in [-0.39, 0.29) is 19.1 Å². The average molecular weight is 259 g/mol. The summed E-state index contributed by atoms with van der Waals surface area (Å²) in [5.74, 6) is -0.167. The van der Waals surface area contributed by atoms with Gasteiger partial charge in [0.05, 0.1) is 24.8 Å². The molecule has 0 aromatic heterocycles. The first kappa shape index (κ1) is 14.9. The molecule has 0 unspecified atom stereocenters. The van der Waals surface area contributed by atoms with Crippen molar-refractivity contribution in [2.45, 2.75) is 0 Å². The molecule has 0 radical (unpaired) electrons. The van der Waals surface area contributed by atoms with Gasteiger partial charge in [0.25, 0.3) is 0 Å². The van der Waals surface area contributed by atoms with Crippen molar-refractivity contribution in [1.82, 2.24) is 4.90 Å². The second-order valence-corrected chi connectivity index (χ2v) is 3.98. The summed E-state index contributed by atoms with van der Waals surface area (Å²) >= 11 is 0. The van der Waals surface area contributed by atoms with Gasteiger partial charge >= 0.3 is 0 Å². The third-order valence-electron chi connectivity index (χ3n) is 2.47. The van der Waals surface area contributed by atoms with Crippen molar-refractivity contribution < 1.29 is 9.90 Å². The number of hydrogen-bond donors (Lipinski definition) is 2. The third-order valence-corrected chi connectivity index (χ3v) is 2.47. The Morgan fingerprint density at radius 1 is 1.47 bits per heavy atom. The summed E-state index contributed by atoms with van der Waals surface area (Å²) in [4.78, 5) is 13.6. The second kappa shape index (κ2) is 8.03. The van der Waals surface area contributed by atoms with Crippen LogP contribution in [-0.2, 0) is 4.79 Å².